The molecule has 1 N–H and O–H groups in total. The summed E-state index contributed by atoms with van der Waals surface area (Å²) in [5, 5.41) is 3.11. The molecule has 2 aromatic carbocycles. The summed E-state index contributed by atoms with van der Waals surface area (Å²) in [6, 6.07) is 15.4. The van der Waals surface area contributed by atoms with Gasteiger partial charge in [0.2, 0.25) is 5.91 Å². The van der Waals surface area contributed by atoms with Gasteiger partial charge in [-0.3, -0.25) is 4.79 Å². The maximum Gasteiger partial charge on any atom is 0.231 e. The van der Waals surface area contributed by atoms with Gasteiger partial charge in [-0.25, -0.2) is 0 Å². The average Bonchev–Trinajstić information content (AvgIpc) is 2.79. The monoisotopic (exact) mass is 399 g/mol. The van der Waals surface area contributed by atoms with Gasteiger partial charge in [-0.15, -0.1) is 0 Å². The molecule has 0 bridgehead atoms. The van der Waals surface area contributed by atoms with E-state index >= 15 is 0 Å². The van der Waals surface area contributed by atoms with Crippen LogP contribution in [0.15, 0.2) is 48.5 Å². The highest BCUT2D eigenvalue weighted by Gasteiger charge is 2.43. The number of hydrogen-bond donors (Lipinski definition) is 1. The van der Waals surface area contributed by atoms with Gasteiger partial charge in [-0.2, -0.15) is 0 Å². The van der Waals surface area contributed by atoms with Crippen molar-refractivity contribution in [2.45, 2.75) is 24.4 Å². The molecule has 6 nitrogen and oxygen atoms in total. The Morgan fingerprint density at radius 1 is 1.07 bits per heavy atom. The van der Waals surface area contributed by atoms with Crippen LogP contribution in [0.3, 0.4) is 0 Å². The number of nitrogens with one attached hydrogen (secondary N) is 1. The highest BCUT2D eigenvalue weighted by atomic mass is 16.5. The number of rotatable bonds is 8. The van der Waals surface area contributed by atoms with Crippen molar-refractivity contribution in [1.82, 2.24) is 5.32 Å². The molecule has 0 aromatic heterocycles. The van der Waals surface area contributed by atoms with E-state index in [0.29, 0.717) is 32.6 Å². The van der Waals surface area contributed by atoms with Gasteiger partial charge in [0.1, 0.15) is 11.5 Å². The molecule has 0 spiro atoms. The molecule has 1 heterocycles. The molecule has 1 saturated heterocycles. The van der Waals surface area contributed by atoms with Crippen molar-refractivity contribution in [3.05, 3.63) is 59.7 Å². The first-order chi connectivity index (χ1) is 14.1. The van der Waals surface area contributed by atoms with E-state index < -0.39 is 5.41 Å². The second-order valence-corrected chi connectivity index (χ2v) is 7.11. The SMILES string of the molecule is COc1cccc(C(CNC(=O)C2(c3ccccc3OC)CCOCC2)OC)c1. The zero-order chi connectivity index (χ0) is 20.7. The van der Waals surface area contributed by atoms with Crippen LogP contribution in [-0.2, 0) is 19.7 Å². The molecule has 2 aromatic rings. The van der Waals surface area contributed by atoms with Crippen molar-refractivity contribution in [1.29, 1.82) is 0 Å². The molecule has 1 amide bonds. The number of carbonyl (C=O) groups is 1. The predicted octanol–water partition coefficient (Wildman–Crippen LogP) is 3.26. The molecule has 0 saturated carbocycles. The van der Waals surface area contributed by atoms with Gasteiger partial charge in [-0.1, -0.05) is 30.3 Å². The second kappa shape index (κ2) is 9.76. The van der Waals surface area contributed by atoms with E-state index in [1.165, 1.54) is 0 Å². The predicted molar refractivity (Wildman–Crippen MR) is 110 cm³/mol. The van der Waals surface area contributed by atoms with Crippen molar-refractivity contribution in [3.63, 3.8) is 0 Å². The maximum absolute atomic E-state index is 13.5. The first kappa shape index (κ1) is 21.1. The van der Waals surface area contributed by atoms with E-state index in [-0.39, 0.29) is 12.0 Å². The summed E-state index contributed by atoms with van der Waals surface area (Å²) in [7, 11) is 4.90. The minimum absolute atomic E-state index is 0.0322. The third kappa shape index (κ3) is 4.54. The van der Waals surface area contributed by atoms with E-state index in [0.717, 1.165) is 22.6 Å². The van der Waals surface area contributed by atoms with Gasteiger partial charge in [0.05, 0.1) is 25.7 Å². The topological polar surface area (TPSA) is 66.0 Å². The van der Waals surface area contributed by atoms with E-state index in [2.05, 4.69) is 5.32 Å². The summed E-state index contributed by atoms with van der Waals surface area (Å²) in [6.07, 6.45) is 0.940. The molecule has 0 aliphatic carbocycles. The Balaban J connectivity index is 1.81. The molecular weight excluding hydrogens is 370 g/mol. The fraction of sp³-hybridized carbons (Fsp3) is 0.435. The van der Waals surface area contributed by atoms with Crippen molar-refractivity contribution < 1.29 is 23.7 Å². The minimum atomic E-state index is -0.683. The van der Waals surface area contributed by atoms with Crippen molar-refractivity contribution >= 4 is 5.91 Å². The summed E-state index contributed by atoms with van der Waals surface area (Å²) in [5.41, 5.74) is 1.17. The van der Waals surface area contributed by atoms with Crippen LogP contribution in [0.25, 0.3) is 0 Å². The molecule has 3 rings (SSSR count). The molecule has 1 unspecified atom stereocenters. The summed E-state index contributed by atoms with van der Waals surface area (Å²) >= 11 is 0. The Labute approximate surface area is 172 Å². The highest BCUT2D eigenvalue weighted by Crippen LogP contribution is 2.40. The van der Waals surface area contributed by atoms with Crippen LogP contribution in [0, 0.1) is 0 Å². The Bertz CT molecular complexity index is 816. The standard InChI is InChI=1S/C23H29NO5/c1-26-18-8-6-7-17(15-18)21(28-3)16-24-22(25)23(11-13-29-14-12-23)19-9-4-5-10-20(19)27-2/h4-10,15,21H,11-14,16H2,1-3H3,(H,24,25). The van der Waals surface area contributed by atoms with E-state index in [4.69, 9.17) is 18.9 Å². The molecule has 1 aliphatic heterocycles. The Morgan fingerprint density at radius 3 is 2.52 bits per heavy atom. The third-order valence-corrected chi connectivity index (χ3v) is 5.60. The van der Waals surface area contributed by atoms with Crippen LogP contribution in [0.4, 0.5) is 0 Å². The first-order valence-electron chi connectivity index (χ1n) is 9.81. The number of hydrogen-bond acceptors (Lipinski definition) is 5. The molecule has 156 valence electrons. The normalized spacial score (nSPS) is 16.7. The van der Waals surface area contributed by atoms with Crippen molar-refractivity contribution in [2.75, 3.05) is 41.1 Å². The van der Waals surface area contributed by atoms with E-state index in [9.17, 15) is 4.79 Å². The second-order valence-electron chi connectivity index (χ2n) is 7.11. The first-order valence-corrected chi connectivity index (χ1v) is 9.81. The van der Waals surface area contributed by atoms with Gasteiger partial charge < -0.3 is 24.3 Å². The number of benzene rings is 2. The lowest BCUT2D eigenvalue weighted by molar-refractivity contribution is -0.131. The van der Waals surface area contributed by atoms with Gasteiger partial charge in [0.25, 0.3) is 0 Å². The zero-order valence-corrected chi connectivity index (χ0v) is 17.3. The number of para-hydroxylation sites is 1. The average molecular weight is 399 g/mol. The fourth-order valence-electron chi connectivity index (χ4n) is 3.91. The molecule has 0 radical (unpaired) electrons. The zero-order valence-electron chi connectivity index (χ0n) is 17.3. The lowest BCUT2D eigenvalue weighted by Gasteiger charge is -2.37. The lowest BCUT2D eigenvalue weighted by atomic mass is 9.73. The summed E-state index contributed by atoms with van der Waals surface area (Å²) in [6.45, 7) is 1.43. The molecule has 29 heavy (non-hydrogen) atoms. The quantitative estimate of drug-likeness (QED) is 0.738. The van der Waals surface area contributed by atoms with Gasteiger partial charge >= 0.3 is 0 Å². The largest absolute Gasteiger partial charge is 0.497 e. The highest BCUT2D eigenvalue weighted by molar-refractivity contribution is 5.89. The fourth-order valence-corrected chi connectivity index (χ4v) is 3.91. The Morgan fingerprint density at radius 2 is 1.83 bits per heavy atom. The maximum atomic E-state index is 13.5. The lowest BCUT2D eigenvalue weighted by Crippen LogP contribution is -2.49. The molecule has 1 atom stereocenters. The Hall–Kier alpha value is -2.57. The van der Waals surface area contributed by atoms with Crippen LogP contribution >= 0.6 is 0 Å². The number of amides is 1. The van der Waals surface area contributed by atoms with Gasteiger partial charge in [0, 0.05) is 32.4 Å². The van der Waals surface area contributed by atoms with Gasteiger partial charge in [0.15, 0.2) is 0 Å². The van der Waals surface area contributed by atoms with Crippen LogP contribution < -0.4 is 14.8 Å². The van der Waals surface area contributed by atoms with Crippen molar-refractivity contribution in [2.24, 2.45) is 0 Å². The smallest absolute Gasteiger partial charge is 0.231 e. The Kier molecular flexibility index (Phi) is 7.12. The third-order valence-electron chi connectivity index (χ3n) is 5.60. The molecular formula is C23H29NO5. The van der Waals surface area contributed by atoms with E-state index in [1.54, 1.807) is 21.3 Å². The molecule has 1 aliphatic rings. The van der Waals surface area contributed by atoms with Crippen LogP contribution in [0.1, 0.15) is 30.1 Å². The van der Waals surface area contributed by atoms with E-state index in [1.807, 2.05) is 48.5 Å². The number of carbonyl (C=O) groups excluding carboxylic acids is 1. The van der Waals surface area contributed by atoms with Gasteiger partial charge in [-0.05, 0) is 36.6 Å². The summed E-state index contributed by atoms with van der Waals surface area (Å²) in [4.78, 5) is 13.5. The number of ether oxygens (including phenoxy) is 4. The number of methoxy groups -OCH3 is 3. The van der Waals surface area contributed by atoms with Crippen LogP contribution in [-0.4, -0.2) is 47.0 Å². The summed E-state index contributed by atoms with van der Waals surface area (Å²) in [5.74, 6) is 1.45. The summed E-state index contributed by atoms with van der Waals surface area (Å²) < 4.78 is 22.0. The molecule has 1 fully saturated rings. The van der Waals surface area contributed by atoms with Crippen LogP contribution in [0.2, 0.25) is 0 Å². The van der Waals surface area contributed by atoms with Crippen LogP contribution in [0.5, 0.6) is 11.5 Å². The minimum Gasteiger partial charge on any atom is -0.497 e. The molecule has 6 heteroatoms. The van der Waals surface area contributed by atoms with Crippen molar-refractivity contribution in [3.8, 4) is 11.5 Å².